The summed E-state index contributed by atoms with van der Waals surface area (Å²) in [6.07, 6.45) is 2.57. The Morgan fingerprint density at radius 2 is 2.36 bits per heavy atom. The van der Waals surface area contributed by atoms with E-state index in [9.17, 15) is 0 Å². The van der Waals surface area contributed by atoms with Crippen LogP contribution in [0.5, 0.6) is 0 Å². The van der Waals surface area contributed by atoms with Crippen molar-refractivity contribution in [2.45, 2.75) is 20.3 Å². The van der Waals surface area contributed by atoms with Gasteiger partial charge in [-0.05, 0) is 26.0 Å². The molecule has 1 heterocycles. The van der Waals surface area contributed by atoms with E-state index in [1.807, 2.05) is 32.1 Å². The molecule has 0 saturated heterocycles. The average Bonchev–Trinajstić information content (AvgIpc) is 2.35. The first kappa shape index (κ1) is 8.41. The zero-order valence-electron chi connectivity index (χ0n) is 6.73. The van der Waals surface area contributed by atoms with Gasteiger partial charge in [-0.2, -0.15) is 0 Å². The number of furan rings is 1. The van der Waals surface area contributed by atoms with Gasteiger partial charge in [0.2, 0.25) is 0 Å². The molecule has 2 heteroatoms. The van der Waals surface area contributed by atoms with E-state index in [-0.39, 0.29) is 0 Å². The molecule has 0 fully saturated rings. The Hall–Kier alpha value is -0.690. The standard InChI is InChI=1S/C9H11ClO/c1-3-8(10)6-9-5-4-7(2)11-9/h3-5H,6H2,1-2H3. The van der Waals surface area contributed by atoms with Gasteiger partial charge in [0.05, 0.1) is 0 Å². The molecule has 1 rings (SSSR count). The summed E-state index contributed by atoms with van der Waals surface area (Å²) >= 11 is 5.81. The van der Waals surface area contributed by atoms with Crippen LogP contribution in [-0.4, -0.2) is 0 Å². The van der Waals surface area contributed by atoms with Gasteiger partial charge in [0, 0.05) is 11.5 Å². The third-order valence-corrected chi connectivity index (χ3v) is 1.80. The first-order valence-corrected chi connectivity index (χ1v) is 3.96. The molecule has 1 nitrogen and oxygen atoms in total. The lowest BCUT2D eigenvalue weighted by molar-refractivity contribution is 0.494. The van der Waals surface area contributed by atoms with Crippen LogP contribution in [0.4, 0.5) is 0 Å². The van der Waals surface area contributed by atoms with Crippen LogP contribution in [0.15, 0.2) is 27.7 Å². The fourth-order valence-corrected chi connectivity index (χ4v) is 0.980. The van der Waals surface area contributed by atoms with E-state index in [4.69, 9.17) is 16.0 Å². The zero-order valence-corrected chi connectivity index (χ0v) is 7.48. The van der Waals surface area contributed by atoms with Crippen molar-refractivity contribution in [3.05, 3.63) is 34.8 Å². The van der Waals surface area contributed by atoms with Crippen molar-refractivity contribution >= 4 is 11.6 Å². The summed E-state index contributed by atoms with van der Waals surface area (Å²) in [4.78, 5) is 0. The molecule has 0 unspecified atom stereocenters. The van der Waals surface area contributed by atoms with E-state index in [2.05, 4.69) is 0 Å². The Bertz CT molecular complexity index is 260. The number of halogens is 1. The summed E-state index contributed by atoms with van der Waals surface area (Å²) in [5.74, 6) is 1.85. The van der Waals surface area contributed by atoms with Crippen LogP contribution in [0.1, 0.15) is 18.4 Å². The molecule has 0 radical (unpaired) electrons. The second kappa shape index (κ2) is 3.63. The van der Waals surface area contributed by atoms with Crippen LogP contribution in [0.3, 0.4) is 0 Å². The molecule has 0 aliphatic carbocycles. The number of hydrogen-bond donors (Lipinski definition) is 0. The molecular weight excluding hydrogens is 160 g/mol. The van der Waals surface area contributed by atoms with Gasteiger partial charge in [-0.25, -0.2) is 0 Å². The highest BCUT2D eigenvalue weighted by Crippen LogP contribution is 2.13. The van der Waals surface area contributed by atoms with E-state index in [0.29, 0.717) is 6.42 Å². The second-order valence-electron chi connectivity index (χ2n) is 2.42. The molecule has 0 saturated carbocycles. The lowest BCUT2D eigenvalue weighted by Crippen LogP contribution is -1.79. The summed E-state index contributed by atoms with van der Waals surface area (Å²) in [6.45, 7) is 3.84. The quantitative estimate of drug-likeness (QED) is 0.664. The van der Waals surface area contributed by atoms with E-state index >= 15 is 0 Å². The first-order valence-electron chi connectivity index (χ1n) is 3.58. The molecule has 0 amide bonds. The molecule has 0 aliphatic heterocycles. The predicted molar refractivity (Wildman–Crippen MR) is 46.8 cm³/mol. The molecule has 11 heavy (non-hydrogen) atoms. The first-order chi connectivity index (χ1) is 5.22. The Labute approximate surface area is 71.7 Å². The minimum Gasteiger partial charge on any atom is -0.466 e. The van der Waals surface area contributed by atoms with Gasteiger partial charge in [0.25, 0.3) is 0 Å². The molecule has 60 valence electrons. The largest absolute Gasteiger partial charge is 0.466 e. The van der Waals surface area contributed by atoms with Crippen LogP contribution < -0.4 is 0 Å². The van der Waals surface area contributed by atoms with E-state index in [0.717, 1.165) is 16.6 Å². The van der Waals surface area contributed by atoms with Gasteiger partial charge < -0.3 is 4.42 Å². The normalized spacial score (nSPS) is 12.1. The van der Waals surface area contributed by atoms with Crippen molar-refractivity contribution in [3.8, 4) is 0 Å². The van der Waals surface area contributed by atoms with Gasteiger partial charge in [0.1, 0.15) is 11.5 Å². The van der Waals surface area contributed by atoms with Gasteiger partial charge in [-0.15, -0.1) is 0 Å². The highest BCUT2D eigenvalue weighted by molar-refractivity contribution is 6.29. The van der Waals surface area contributed by atoms with E-state index in [1.54, 1.807) is 0 Å². The van der Waals surface area contributed by atoms with Crippen LogP contribution in [-0.2, 0) is 6.42 Å². The Morgan fingerprint density at radius 1 is 1.64 bits per heavy atom. The van der Waals surface area contributed by atoms with Crippen LogP contribution in [0, 0.1) is 6.92 Å². The van der Waals surface area contributed by atoms with Crippen LogP contribution in [0.2, 0.25) is 0 Å². The van der Waals surface area contributed by atoms with E-state index in [1.165, 1.54) is 0 Å². The molecule has 1 aromatic rings. The number of rotatable bonds is 2. The highest BCUT2D eigenvalue weighted by Gasteiger charge is 1.99. The maximum Gasteiger partial charge on any atom is 0.109 e. The number of hydrogen-bond acceptors (Lipinski definition) is 1. The maximum absolute atomic E-state index is 5.81. The molecule has 0 atom stereocenters. The summed E-state index contributed by atoms with van der Waals surface area (Å²) < 4.78 is 5.33. The monoisotopic (exact) mass is 170 g/mol. The zero-order chi connectivity index (χ0) is 8.27. The van der Waals surface area contributed by atoms with Crippen molar-refractivity contribution in [2.24, 2.45) is 0 Å². The van der Waals surface area contributed by atoms with Crippen molar-refractivity contribution in [3.63, 3.8) is 0 Å². The lowest BCUT2D eigenvalue weighted by Gasteiger charge is -1.92. The smallest absolute Gasteiger partial charge is 0.109 e. The van der Waals surface area contributed by atoms with Gasteiger partial charge in [-0.1, -0.05) is 17.7 Å². The fourth-order valence-electron chi connectivity index (χ4n) is 0.849. The van der Waals surface area contributed by atoms with Gasteiger partial charge >= 0.3 is 0 Å². The molecule has 0 bridgehead atoms. The molecule has 0 aliphatic rings. The third kappa shape index (κ3) is 2.43. The summed E-state index contributed by atoms with van der Waals surface area (Å²) in [7, 11) is 0. The second-order valence-corrected chi connectivity index (χ2v) is 2.91. The Morgan fingerprint density at radius 3 is 2.82 bits per heavy atom. The van der Waals surface area contributed by atoms with Gasteiger partial charge in [0.15, 0.2) is 0 Å². The minimum atomic E-state index is 0.700. The van der Waals surface area contributed by atoms with Crippen molar-refractivity contribution in [1.82, 2.24) is 0 Å². The fraction of sp³-hybridized carbons (Fsp3) is 0.333. The molecule has 0 N–H and O–H groups in total. The van der Waals surface area contributed by atoms with Crippen molar-refractivity contribution < 1.29 is 4.42 Å². The SMILES string of the molecule is CC=C(Cl)Cc1ccc(C)o1. The minimum absolute atomic E-state index is 0.700. The average molecular weight is 171 g/mol. The molecular formula is C9H11ClO. The third-order valence-electron chi connectivity index (χ3n) is 1.45. The molecule has 0 aromatic carbocycles. The van der Waals surface area contributed by atoms with Crippen LogP contribution >= 0.6 is 11.6 Å². The van der Waals surface area contributed by atoms with Crippen LogP contribution in [0.25, 0.3) is 0 Å². The highest BCUT2D eigenvalue weighted by atomic mass is 35.5. The lowest BCUT2D eigenvalue weighted by atomic mass is 10.3. The summed E-state index contributed by atoms with van der Waals surface area (Å²) in [5, 5.41) is 0.819. The van der Waals surface area contributed by atoms with Gasteiger partial charge in [-0.3, -0.25) is 0 Å². The topological polar surface area (TPSA) is 13.1 Å². The Kier molecular flexibility index (Phi) is 2.77. The molecule has 1 aromatic heterocycles. The summed E-state index contributed by atoms with van der Waals surface area (Å²) in [6, 6.07) is 3.89. The number of aryl methyl sites for hydroxylation is 1. The predicted octanol–water partition coefficient (Wildman–Crippen LogP) is 3.27. The van der Waals surface area contributed by atoms with E-state index < -0.39 is 0 Å². The number of allylic oxidation sites excluding steroid dienone is 2. The van der Waals surface area contributed by atoms with Crippen molar-refractivity contribution in [2.75, 3.05) is 0 Å². The molecule has 0 spiro atoms. The maximum atomic E-state index is 5.81. The van der Waals surface area contributed by atoms with Crippen molar-refractivity contribution in [1.29, 1.82) is 0 Å². The summed E-state index contributed by atoms with van der Waals surface area (Å²) in [5.41, 5.74) is 0. The Balaban J connectivity index is 2.65.